The number of carbonyl (C=O) groups is 1. The van der Waals surface area contributed by atoms with Crippen molar-refractivity contribution in [1.29, 1.82) is 0 Å². The van der Waals surface area contributed by atoms with E-state index in [9.17, 15) is 9.90 Å². The van der Waals surface area contributed by atoms with Crippen molar-refractivity contribution in [3.05, 3.63) is 70.2 Å². The van der Waals surface area contributed by atoms with Crippen LogP contribution in [0, 0.1) is 0 Å². The number of hydrogen-bond donors (Lipinski definition) is 2. The van der Waals surface area contributed by atoms with E-state index in [1.54, 1.807) is 24.3 Å². The van der Waals surface area contributed by atoms with Crippen molar-refractivity contribution in [2.75, 3.05) is 6.54 Å². The summed E-state index contributed by atoms with van der Waals surface area (Å²) in [6.07, 6.45) is 1.45. The predicted molar refractivity (Wildman–Crippen MR) is 82.4 cm³/mol. The first-order chi connectivity index (χ1) is 10.1. The molecule has 0 saturated carbocycles. The molecule has 1 amide bonds. The van der Waals surface area contributed by atoms with Crippen molar-refractivity contribution in [1.82, 2.24) is 5.32 Å². The zero-order valence-electron chi connectivity index (χ0n) is 11.5. The van der Waals surface area contributed by atoms with Crippen LogP contribution in [0.25, 0.3) is 0 Å². The Labute approximate surface area is 128 Å². The lowest BCUT2D eigenvalue weighted by molar-refractivity contribution is 0.0369. The van der Waals surface area contributed by atoms with E-state index >= 15 is 0 Å². The highest BCUT2D eigenvalue weighted by Crippen LogP contribution is 2.36. The molecule has 3 nitrogen and oxygen atoms in total. The highest BCUT2D eigenvalue weighted by atomic mass is 35.5. The summed E-state index contributed by atoms with van der Waals surface area (Å²) in [5.74, 6) is -0.265. The Balaban J connectivity index is 1.74. The van der Waals surface area contributed by atoms with Crippen molar-refractivity contribution >= 4 is 17.5 Å². The van der Waals surface area contributed by atoms with Crippen LogP contribution in [0.2, 0.25) is 5.02 Å². The lowest BCUT2D eigenvalue weighted by Gasteiger charge is -2.24. The minimum Gasteiger partial charge on any atom is -0.383 e. The van der Waals surface area contributed by atoms with Gasteiger partial charge < -0.3 is 10.4 Å². The maximum absolute atomic E-state index is 12.2. The maximum Gasteiger partial charge on any atom is 0.252 e. The van der Waals surface area contributed by atoms with E-state index < -0.39 is 5.60 Å². The highest BCUT2D eigenvalue weighted by Gasteiger charge is 2.36. The van der Waals surface area contributed by atoms with Gasteiger partial charge in [-0.3, -0.25) is 4.79 Å². The number of aliphatic hydroxyl groups is 1. The van der Waals surface area contributed by atoms with Gasteiger partial charge in [0, 0.05) is 0 Å². The van der Waals surface area contributed by atoms with E-state index in [2.05, 4.69) is 5.32 Å². The van der Waals surface area contributed by atoms with Crippen LogP contribution in [-0.4, -0.2) is 17.6 Å². The zero-order valence-corrected chi connectivity index (χ0v) is 12.2. The molecule has 1 atom stereocenters. The Morgan fingerprint density at radius 3 is 2.71 bits per heavy atom. The van der Waals surface area contributed by atoms with Crippen molar-refractivity contribution in [2.45, 2.75) is 18.4 Å². The largest absolute Gasteiger partial charge is 0.383 e. The number of benzene rings is 2. The van der Waals surface area contributed by atoms with Gasteiger partial charge in [-0.2, -0.15) is 0 Å². The Kier molecular flexibility index (Phi) is 3.70. The Morgan fingerprint density at radius 1 is 1.19 bits per heavy atom. The van der Waals surface area contributed by atoms with E-state index in [1.807, 2.05) is 24.3 Å². The number of hydrogen-bond acceptors (Lipinski definition) is 2. The van der Waals surface area contributed by atoms with E-state index in [1.165, 1.54) is 0 Å². The third-order valence-electron chi connectivity index (χ3n) is 3.99. The summed E-state index contributed by atoms with van der Waals surface area (Å²) in [5.41, 5.74) is 1.48. The second kappa shape index (κ2) is 5.51. The van der Waals surface area contributed by atoms with Crippen LogP contribution in [0.15, 0.2) is 48.5 Å². The van der Waals surface area contributed by atoms with E-state index in [-0.39, 0.29) is 12.5 Å². The zero-order chi connectivity index (χ0) is 14.9. The van der Waals surface area contributed by atoms with Gasteiger partial charge in [0.1, 0.15) is 5.60 Å². The summed E-state index contributed by atoms with van der Waals surface area (Å²) < 4.78 is 0. The fraction of sp³-hybridized carbons (Fsp3) is 0.235. The van der Waals surface area contributed by atoms with Crippen LogP contribution in [0.4, 0.5) is 0 Å². The summed E-state index contributed by atoms with van der Waals surface area (Å²) in [4.78, 5) is 12.2. The number of amides is 1. The van der Waals surface area contributed by atoms with Crippen molar-refractivity contribution in [2.24, 2.45) is 0 Å². The van der Waals surface area contributed by atoms with Gasteiger partial charge in [0.15, 0.2) is 0 Å². The molecule has 21 heavy (non-hydrogen) atoms. The minimum absolute atomic E-state index is 0.189. The lowest BCUT2D eigenvalue weighted by atomic mass is 9.96. The van der Waals surface area contributed by atoms with Crippen molar-refractivity contribution < 1.29 is 9.90 Å². The quantitative estimate of drug-likeness (QED) is 0.916. The molecule has 108 valence electrons. The number of nitrogens with one attached hydrogen (secondary N) is 1. The van der Waals surface area contributed by atoms with Gasteiger partial charge >= 0.3 is 0 Å². The molecule has 1 aliphatic carbocycles. The third-order valence-corrected chi connectivity index (χ3v) is 4.32. The Hall–Kier alpha value is -1.84. The summed E-state index contributed by atoms with van der Waals surface area (Å²) in [6, 6.07) is 14.7. The summed E-state index contributed by atoms with van der Waals surface area (Å²) in [7, 11) is 0. The van der Waals surface area contributed by atoms with Gasteiger partial charge in [-0.05, 0) is 36.1 Å². The van der Waals surface area contributed by atoms with Crippen molar-refractivity contribution in [3.63, 3.8) is 0 Å². The van der Waals surface area contributed by atoms with Crippen LogP contribution in [-0.2, 0) is 12.0 Å². The van der Waals surface area contributed by atoms with Gasteiger partial charge in [-0.1, -0.05) is 48.0 Å². The average molecular weight is 302 g/mol. The van der Waals surface area contributed by atoms with Crippen LogP contribution in [0.1, 0.15) is 27.9 Å². The normalized spacial score (nSPS) is 20.1. The molecule has 4 heteroatoms. The second-order valence-electron chi connectivity index (χ2n) is 5.35. The summed E-state index contributed by atoms with van der Waals surface area (Å²) in [5, 5.41) is 14.0. The predicted octanol–water partition coefficient (Wildman–Crippen LogP) is 2.90. The van der Waals surface area contributed by atoms with Crippen LogP contribution >= 0.6 is 11.6 Å². The van der Waals surface area contributed by atoms with Crippen LogP contribution in [0.5, 0.6) is 0 Å². The molecule has 2 aromatic carbocycles. The first kappa shape index (κ1) is 14.1. The first-order valence-corrected chi connectivity index (χ1v) is 7.31. The molecule has 1 unspecified atom stereocenters. The number of carbonyl (C=O) groups excluding carboxylic acids is 1. The van der Waals surface area contributed by atoms with Gasteiger partial charge in [0.2, 0.25) is 0 Å². The molecular formula is C17H16ClNO2. The molecule has 0 aliphatic heterocycles. The molecule has 2 aromatic rings. The molecular weight excluding hydrogens is 286 g/mol. The first-order valence-electron chi connectivity index (χ1n) is 6.94. The second-order valence-corrected chi connectivity index (χ2v) is 5.76. The number of fused-ring (bicyclic) bond motifs is 1. The van der Waals surface area contributed by atoms with Gasteiger partial charge in [0.25, 0.3) is 5.91 Å². The molecule has 0 radical (unpaired) electrons. The fourth-order valence-corrected chi connectivity index (χ4v) is 3.04. The van der Waals surface area contributed by atoms with Crippen molar-refractivity contribution in [3.8, 4) is 0 Å². The fourth-order valence-electron chi connectivity index (χ4n) is 2.82. The number of rotatable bonds is 3. The third kappa shape index (κ3) is 2.67. The Bertz CT molecular complexity index is 686. The Morgan fingerprint density at radius 2 is 1.90 bits per heavy atom. The van der Waals surface area contributed by atoms with Gasteiger partial charge in [0.05, 0.1) is 17.1 Å². The molecule has 3 rings (SSSR count). The molecule has 0 bridgehead atoms. The van der Waals surface area contributed by atoms with Gasteiger partial charge in [-0.15, -0.1) is 0 Å². The maximum atomic E-state index is 12.2. The molecule has 0 spiro atoms. The number of halogens is 1. The van der Waals surface area contributed by atoms with Crippen LogP contribution in [0.3, 0.4) is 0 Å². The molecule has 0 aromatic heterocycles. The average Bonchev–Trinajstić information content (AvgIpc) is 2.84. The molecule has 2 N–H and O–H groups in total. The lowest BCUT2D eigenvalue weighted by Crippen LogP contribution is -2.39. The SMILES string of the molecule is O=C(NCC1(O)CCc2ccccc21)c1ccccc1Cl. The summed E-state index contributed by atoms with van der Waals surface area (Å²) >= 11 is 6.01. The molecule has 0 saturated heterocycles. The van der Waals surface area contributed by atoms with E-state index in [0.29, 0.717) is 17.0 Å². The van der Waals surface area contributed by atoms with E-state index in [0.717, 1.165) is 17.5 Å². The summed E-state index contributed by atoms with van der Waals surface area (Å²) in [6.45, 7) is 0.189. The topological polar surface area (TPSA) is 49.3 Å². The van der Waals surface area contributed by atoms with Crippen LogP contribution < -0.4 is 5.32 Å². The molecule has 1 aliphatic rings. The standard InChI is InChI=1S/C17H16ClNO2/c18-15-8-4-2-6-13(15)16(20)19-11-17(21)10-9-12-5-1-3-7-14(12)17/h1-8,21H,9-11H2,(H,19,20). The number of aryl methyl sites for hydroxylation is 1. The molecule has 0 heterocycles. The van der Waals surface area contributed by atoms with E-state index in [4.69, 9.17) is 11.6 Å². The molecule has 0 fully saturated rings. The monoisotopic (exact) mass is 301 g/mol. The smallest absolute Gasteiger partial charge is 0.252 e. The highest BCUT2D eigenvalue weighted by molar-refractivity contribution is 6.33. The minimum atomic E-state index is -0.993. The van der Waals surface area contributed by atoms with Gasteiger partial charge in [-0.25, -0.2) is 0 Å².